The molecular formula is C25H28BrN3O2. The molecule has 3 aromatic rings. The van der Waals surface area contributed by atoms with Crippen molar-refractivity contribution < 1.29 is 9.53 Å². The van der Waals surface area contributed by atoms with E-state index in [2.05, 4.69) is 70.7 Å². The first-order chi connectivity index (χ1) is 14.9. The Kier molecular flexibility index (Phi) is 5.39. The molecule has 1 aliphatic heterocycles. The van der Waals surface area contributed by atoms with E-state index in [9.17, 15) is 4.79 Å². The molecular weight excluding hydrogens is 454 g/mol. The number of ether oxygens (including phenoxy) is 1. The van der Waals surface area contributed by atoms with Crippen molar-refractivity contribution in [3.63, 3.8) is 0 Å². The molecule has 3 atom stereocenters. The van der Waals surface area contributed by atoms with Gasteiger partial charge in [0.1, 0.15) is 5.82 Å². The van der Waals surface area contributed by atoms with E-state index >= 15 is 0 Å². The summed E-state index contributed by atoms with van der Waals surface area (Å²) < 4.78 is 9.32. The molecule has 0 N–H and O–H groups in total. The standard InChI is InChI=1S/C25H28BrN3O2/c1-15-4-7-22-21(10-15)27-16(2)29(22)23-8-9-28(14-24(23)31-3)25(30)19-11-17-5-6-20(26)13-18(17)12-19/h4-7,10,13,19,23-24H,8-9,11-12,14H2,1-3H3/t19-,23+,24+/m0/s1. The van der Waals surface area contributed by atoms with Gasteiger partial charge < -0.3 is 14.2 Å². The third kappa shape index (κ3) is 3.70. The van der Waals surface area contributed by atoms with Crippen LogP contribution in [0.1, 0.15) is 35.0 Å². The highest BCUT2D eigenvalue weighted by atomic mass is 79.9. The number of hydrogen-bond acceptors (Lipinski definition) is 3. The molecule has 1 saturated heterocycles. The fraction of sp³-hybridized carbons (Fsp3) is 0.440. The van der Waals surface area contributed by atoms with Crippen molar-refractivity contribution in [2.75, 3.05) is 20.2 Å². The molecule has 5 rings (SSSR count). The van der Waals surface area contributed by atoms with Gasteiger partial charge in [-0.05, 0) is 74.1 Å². The van der Waals surface area contributed by atoms with E-state index in [0.717, 1.165) is 47.1 Å². The molecule has 1 fully saturated rings. The second-order valence-corrected chi connectivity index (χ2v) is 9.87. The maximum atomic E-state index is 13.4. The first-order valence-electron chi connectivity index (χ1n) is 11.0. The van der Waals surface area contributed by atoms with E-state index in [1.807, 2.05) is 4.90 Å². The Balaban J connectivity index is 1.35. The summed E-state index contributed by atoms with van der Waals surface area (Å²) in [7, 11) is 1.76. The number of amides is 1. The van der Waals surface area contributed by atoms with Gasteiger partial charge in [0.25, 0.3) is 0 Å². The quantitative estimate of drug-likeness (QED) is 0.548. The molecule has 1 aliphatic carbocycles. The van der Waals surface area contributed by atoms with Gasteiger partial charge in [0, 0.05) is 30.6 Å². The highest BCUT2D eigenvalue weighted by Crippen LogP contribution is 2.34. The maximum Gasteiger partial charge on any atom is 0.226 e. The highest BCUT2D eigenvalue weighted by molar-refractivity contribution is 9.10. The molecule has 0 radical (unpaired) electrons. The van der Waals surface area contributed by atoms with Crippen LogP contribution in [0.2, 0.25) is 0 Å². The van der Waals surface area contributed by atoms with Gasteiger partial charge in [0.05, 0.1) is 23.2 Å². The second-order valence-electron chi connectivity index (χ2n) is 8.95. The van der Waals surface area contributed by atoms with Crippen LogP contribution in [0.15, 0.2) is 40.9 Å². The third-order valence-corrected chi connectivity index (χ3v) is 7.44. The number of piperidine rings is 1. The average molecular weight is 482 g/mol. The molecule has 0 bridgehead atoms. The number of methoxy groups -OCH3 is 1. The van der Waals surface area contributed by atoms with Crippen LogP contribution in [0.5, 0.6) is 0 Å². The number of nitrogens with zero attached hydrogens (tertiary/aromatic N) is 3. The lowest BCUT2D eigenvalue weighted by Crippen LogP contribution is -2.50. The Hall–Kier alpha value is -2.18. The lowest BCUT2D eigenvalue weighted by atomic mass is 9.97. The minimum Gasteiger partial charge on any atom is -0.377 e. The summed E-state index contributed by atoms with van der Waals surface area (Å²) in [5.41, 5.74) is 5.98. The Bertz CT molecular complexity index is 1160. The van der Waals surface area contributed by atoms with Gasteiger partial charge in [-0.25, -0.2) is 4.98 Å². The third-order valence-electron chi connectivity index (χ3n) is 6.94. The molecule has 6 heteroatoms. The fourth-order valence-electron chi connectivity index (χ4n) is 5.40. The molecule has 1 amide bonds. The Morgan fingerprint density at radius 1 is 1.13 bits per heavy atom. The summed E-state index contributed by atoms with van der Waals surface area (Å²) in [6.45, 7) is 5.54. The summed E-state index contributed by atoms with van der Waals surface area (Å²) in [4.78, 5) is 20.2. The number of imidazole rings is 1. The van der Waals surface area contributed by atoms with Crippen LogP contribution in [0.3, 0.4) is 0 Å². The van der Waals surface area contributed by atoms with Gasteiger partial charge in [0.15, 0.2) is 0 Å². The zero-order valence-electron chi connectivity index (χ0n) is 18.3. The Labute approximate surface area is 191 Å². The number of benzene rings is 2. The Morgan fingerprint density at radius 3 is 2.74 bits per heavy atom. The first kappa shape index (κ1) is 20.7. The van der Waals surface area contributed by atoms with Crippen LogP contribution in [0.25, 0.3) is 11.0 Å². The van der Waals surface area contributed by atoms with Crippen molar-refractivity contribution in [3.05, 3.63) is 63.4 Å². The van der Waals surface area contributed by atoms with E-state index in [0.29, 0.717) is 6.54 Å². The summed E-state index contributed by atoms with van der Waals surface area (Å²) in [5, 5.41) is 0. The molecule has 1 aromatic heterocycles. The lowest BCUT2D eigenvalue weighted by molar-refractivity contribution is -0.140. The number of aromatic nitrogens is 2. The highest BCUT2D eigenvalue weighted by Gasteiger charge is 2.37. The minimum atomic E-state index is -0.0481. The van der Waals surface area contributed by atoms with Crippen molar-refractivity contribution in [1.82, 2.24) is 14.5 Å². The number of fused-ring (bicyclic) bond motifs is 2. The molecule has 2 aliphatic rings. The number of hydrogen-bond donors (Lipinski definition) is 0. The van der Waals surface area contributed by atoms with Crippen molar-refractivity contribution in [1.29, 1.82) is 0 Å². The summed E-state index contributed by atoms with van der Waals surface area (Å²) in [6, 6.07) is 13.0. The molecule has 2 aromatic carbocycles. The molecule has 0 saturated carbocycles. The molecule has 5 nitrogen and oxygen atoms in total. The molecule has 0 unspecified atom stereocenters. The number of aryl methyl sites for hydroxylation is 2. The van der Waals surface area contributed by atoms with Gasteiger partial charge in [-0.15, -0.1) is 0 Å². The topological polar surface area (TPSA) is 47.4 Å². The molecule has 31 heavy (non-hydrogen) atoms. The Morgan fingerprint density at radius 2 is 1.94 bits per heavy atom. The number of likely N-dealkylation sites (tertiary alicyclic amines) is 1. The van der Waals surface area contributed by atoms with Crippen LogP contribution in [0.4, 0.5) is 0 Å². The summed E-state index contributed by atoms with van der Waals surface area (Å²) in [5.74, 6) is 1.30. The average Bonchev–Trinajstić information content (AvgIpc) is 3.32. The van der Waals surface area contributed by atoms with E-state index in [4.69, 9.17) is 9.72 Å². The van der Waals surface area contributed by atoms with Gasteiger partial charge in [-0.3, -0.25) is 4.79 Å². The van der Waals surface area contributed by atoms with E-state index in [1.54, 1.807) is 7.11 Å². The normalized spacial score (nSPS) is 23.4. The van der Waals surface area contributed by atoms with Gasteiger partial charge in [-0.1, -0.05) is 28.1 Å². The van der Waals surface area contributed by atoms with E-state index in [-0.39, 0.29) is 24.0 Å². The SMILES string of the molecule is CO[C@@H]1CN(C(=O)[C@H]2Cc3ccc(Br)cc3C2)CC[C@H]1n1c(C)nc2cc(C)ccc21. The lowest BCUT2D eigenvalue weighted by Gasteiger charge is -2.40. The second kappa shape index (κ2) is 8.06. The number of rotatable bonds is 3. The summed E-state index contributed by atoms with van der Waals surface area (Å²) >= 11 is 3.55. The maximum absolute atomic E-state index is 13.4. The van der Waals surface area contributed by atoms with Crippen LogP contribution in [0, 0.1) is 19.8 Å². The van der Waals surface area contributed by atoms with E-state index in [1.165, 1.54) is 16.7 Å². The van der Waals surface area contributed by atoms with Gasteiger partial charge in [0.2, 0.25) is 5.91 Å². The number of halogens is 1. The summed E-state index contributed by atoms with van der Waals surface area (Å²) in [6.07, 6.45) is 2.49. The predicted molar refractivity (Wildman–Crippen MR) is 125 cm³/mol. The molecule has 162 valence electrons. The number of carbonyl (C=O) groups excluding carboxylic acids is 1. The smallest absolute Gasteiger partial charge is 0.226 e. The van der Waals surface area contributed by atoms with Gasteiger partial charge >= 0.3 is 0 Å². The first-order valence-corrected chi connectivity index (χ1v) is 11.8. The van der Waals surface area contributed by atoms with Crippen molar-refractivity contribution >= 4 is 32.9 Å². The van der Waals surface area contributed by atoms with Crippen molar-refractivity contribution in [2.24, 2.45) is 5.92 Å². The minimum absolute atomic E-state index is 0.0390. The molecule has 0 spiro atoms. The zero-order valence-corrected chi connectivity index (χ0v) is 19.9. The largest absolute Gasteiger partial charge is 0.377 e. The van der Waals surface area contributed by atoms with E-state index < -0.39 is 0 Å². The van der Waals surface area contributed by atoms with Crippen molar-refractivity contribution in [3.8, 4) is 0 Å². The van der Waals surface area contributed by atoms with Crippen LogP contribution in [-0.4, -0.2) is 46.7 Å². The van der Waals surface area contributed by atoms with Crippen LogP contribution < -0.4 is 0 Å². The van der Waals surface area contributed by atoms with Crippen LogP contribution in [-0.2, 0) is 22.4 Å². The molecule has 2 heterocycles. The van der Waals surface area contributed by atoms with Gasteiger partial charge in [-0.2, -0.15) is 0 Å². The fourth-order valence-corrected chi connectivity index (χ4v) is 5.81. The van der Waals surface area contributed by atoms with Crippen LogP contribution >= 0.6 is 15.9 Å². The van der Waals surface area contributed by atoms with Crippen molar-refractivity contribution in [2.45, 2.75) is 45.3 Å². The number of carbonyl (C=O) groups is 1. The monoisotopic (exact) mass is 481 g/mol. The zero-order chi connectivity index (χ0) is 21.7. The predicted octanol–water partition coefficient (Wildman–Crippen LogP) is 4.62.